The van der Waals surface area contributed by atoms with Gasteiger partial charge in [-0.2, -0.15) is 0 Å². The average Bonchev–Trinajstić information content (AvgIpc) is 3.00. The summed E-state index contributed by atoms with van der Waals surface area (Å²) in [5, 5.41) is 3.50. The van der Waals surface area contributed by atoms with Crippen LogP contribution >= 0.6 is 0 Å². The third kappa shape index (κ3) is 2.69. The Labute approximate surface area is 86.4 Å². The van der Waals surface area contributed by atoms with Crippen LogP contribution in [0.1, 0.15) is 32.1 Å². The number of nitrogens with one attached hydrogen (secondary N) is 1. The van der Waals surface area contributed by atoms with Crippen molar-refractivity contribution in [2.45, 2.75) is 38.2 Å². The molecule has 0 spiro atoms. The Balaban J connectivity index is 1.58. The topological polar surface area (TPSA) is 47.3 Å². The molecule has 0 bridgehead atoms. The van der Waals surface area contributed by atoms with E-state index < -0.39 is 0 Å². The van der Waals surface area contributed by atoms with Crippen LogP contribution in [0.3, 0.4) is 0 Å². The van der Waals surface area contributed by atoms with E-state index in [1.165, 1.54) is 32.1 Å². The minimum Gasteiger partial charge on any atom is -0.377 e. The Morgan fingerprint density at radius 1 is 1.36 bits per heavy atom. The maximum atomic E-state index is 5.72. The summed E-state index contributed by atoms with van der Waals surface area (Å²) in [7, 11) is 0. The zero-order valence-corrected chi connectivity index (χ0v) is 8.93. The van der Waals surface area contributed by atoms with Gasteiger partial charge in [-0.3, -0.25) is 0 Å². The largest absolute Gasteiger partial charge is 0.377 e. The lowest BCUT2D eigenvalue weighted by Crippen LogP contribution is -2.36. The molecule has 3 nitrogen and oxygen atoms in total. The van der Waals surface area contributed by atoms with Crippen LogP contribution in [0.5, 0.6) is 0 Å². The quantitative estimate of drug-likeness (QED) is 0.689. The van der Waals surface area contributed by atoms with Crippen molar-refractivity contribution in [1.82, 2.24) is 5.32 Å². The van der Waals surface area contributed by atoms with E-state index in [0.29, 0.717) is 11.5 Å². The van der Waals surface area contributed by atoms with E-state index in [2.05, 4.69) is 5.32 Å². The van der Waals surface area contributed by atoms with Crippen molar-refractivity contribution in [3.05, 3.63) is 0 Å². The second-order valence-corrected chi connectivity index (χ2v) is 4.82. The second kappa shape index (κ2) is 4.60. The normalized spacial score (nSPS) is 30.2. The lowest BCUT2D eigenvalue weighted by atomic mass is 10.1. The fraction of sp³-hybridized carbons (Fsp3) is 1.00. The van der Waals surface area contributed by atoms with E-state index in [0.717, 1.165) is 26.2 Å². The van der Waals surface area contributed by atoms with Crippen LogP contribution in [-0.4, -0.2) is 32.3 Å². The summed E-state index contributed by atoms with van der Waals surface area (Å²) >= 11 is 0. The Kier molecular flexibility index (Phi) is 3.42. The molecule has 3 heteroatoms. The number of nitrogens with two attached hydrogens (primary N) is 1. The fourth-order valence-electron chi connectivity index (χ4n) is 2.10. The molecule has 1 saturated carbocycles. The molecule has 82 valence electrons. The van der Waals surface area contributed by atoms with Crippen LogP contribution in [0.4, 0.5) is 0 Å². The SMILES string of the molecule is NCC1(CNCC2CCCCO2)CC1. The first kappa shape index (κ1) is 10.4. The Morgan fingerprint density at radius 2 is 2.21 bits per heavy atom. The first-order valence-corrected chi connectivity index (χ1v) is 5.87. The predicted molar refractivity (Wildman–Crippen MR) is 57.2 cm³/mol. The van der Waals surface area contributed by atoms with E-state index in [1.807, 2.05) is 0 Å². The predicted octanol–water partition coefficient (Wildman–Crippen LogP) is 0.884. The minimum atomic E-state index is 0.453. The van der Waals surface area contributed by atoms with Crippen molar-refractivity contribution < 1.29 is 4.74 Å². The van der Waals surface area contributed by atoms with Gasteiger partial charge in [0.15, 0.2) is 0 Å². The highest BCUT2D eigenvalue weighted by molar-refractivity contribution is 4.95. The summed E-state index contributed by atoms with van der Waals surface area (Å²) < 4.78 is 5.65. The maximum absolute atomic E-state index is 5.72. The van der Waals surface area contributed by atoms with Gasteiger partial charge >= 0.3 is 0 Å². The minimum absolute atomic E-state index is 0.453. The highest BCUT2D eigenvalue weighted by atomic mass is 16.5. The summed E-state index contributed by atoms with van der Waals surface area (Å²) in [6.45, 7) is 3.89. The molecule has 2 fully saturated rings. The van der Waals surface area contributed by atoms with Crippen LogP contribution in [0.25, 0.3) is 0 Å². The van der Waals surface area contributed by atoms with Crippen LogP contribution in [0, 0.1) is 5.41 Å². The Morgan fingerprint density at radius 3 is 2.79 bits per heavy atom. The number of hydrogen-bond donors (Lipinski definition) is 2. The summed E-state index contributed by atoms with van der Waals surface area (Å²) in [6, 6.07) is 0. The average molecular weight is 198 g/mol. The molecule has 0 aromatic heterocycles. The fourth-order valence-corrected chi connectivity index (χ4v) is 2.10. The maximum Gasteiger partial charge on any atom is 0.0699 e. The molecule has 1 aliphatic heterocycles. The molecule has 0 aromatic rings. The molecule has 2 rings (SSSR count). The Hall–Kier alpha value is -0.120. The first-order chi connectivity index (χ1) is 6.85. The molecule has 0 aromatic carbocycles. The van der Waals surface area contributed by atoms with Gasteiger partial charge in [0.1, 0.15) is 0 Å². The van der Waals surface area contributed by atoms with E-state index >= 15 is 0 Å². The summed E-state index contributed by atoms with van der Waals surface area (Å²) in [5.74, 6) is 0. The standard InChI is InChI=1S/C11H22N2O/c12-8-11(4-5-11)9-13-7-10-3-1-2-6-14-10/h10,13H,1-9,12H2. The Bertz CT molecular complexity index is 174. The van der Waals surface area contributed by atoms with Crippen molar-refractivity contribution in [3.8, 4) is 0 Å². The molecule has 1 unspecified atom stereocenters. The molecule has 1 saturated heterocycles. The van der Waals surface area contributed by atoms with Gasteiger partial charge in [0.2, 0.25) is 0 Å². The molecule has 14 heavy (non-hydrogen) atoms. The van der Waals surface area contributed by atoms with E-state index in [1.54, 1.807) is 0 Å². The van der Waals surface area contributed by atoms with Gasteiger partial charge < -0.3 is 15.8 Å². The number of ether oxygens (including phenoxy) is 1. The smallest absolute Gasteiger partial charge is 0.0699 e. The molecule has 2 aliphatic rings. The van der Waals surface area contributed by atoms with Crippen molar-refractivity contribution >= 4 is 0 Å². The highest BCUT2D eigenvalue weighted by Gasteiger charge is 2.40. The molecule has 1 aliphatic carbocycles. The van der Waals surface area contributed by atoms with Gasteiger partial charge in [-0.25, -0.2) is 0 Å². The van der Waals surface area contributed by atoms with Gasteiger partial charge in [-0.15, -0.1) is 0 Å². The van der Waals surface area contributed by atoms with Crippen LogP contribution in [0.15, 0.2) is 0 Å². The first-order valence-electron chi connectivity index (χ1n) is 5.87. The molecule has 3 N–H and O–H groups in total. The highest BCUT2D eigenvalue weighted by Crippen LogP contribution is 2.43. The number of hydrogen-bond acceptors (Lipinski definition) is 3. The zero-order chi connectivity index (χ0) is 9.86. The van der Waals surface area contributed by atoms with Crippen molar-refractivity contribution in [3.63, 3.8) is 0 Å². The summed E-state index contributed by atoms with van der Waals surface area (Å²) in [4.78, 5) is 0. The second-order valence-electron chi connectivity index (χ2n) is 4.82. The van der Waals surface area contributed by atoms with Gasteiger partial charge in [0, 0.05) is 19.7 Å². The van der Waals surface area contributed by atoms with Crippen molar-refractivity contribution in [1.29, 1.82) is 0 Å². The molecular weight excluding hydrogens is 176 g/mol. The van der Waals surface area contributed by atoms with Gasteiger partial charge in [-0.05, 0) is 44.1 Å². The van der Waals surface area contributed by atoms with Crippen molar-refractivity contribution in [2.24, 2.45) is 11.1 Å². The lowest BCUT2D eigenvalue weighted by Gasteiger charge is -2.24. The molecule has 0 amide bonds. The summed E-state index contributed by atoms with van der Waals surface area (Å²) in [5.41, 5.74) is 6.17. The van der Waals surface area contributed by atoms with E-state index in [9.17, 15) is 0 Å². The molecule has 1 atom stereocenters. The molecule has 0 radical (unpaired) electrons. The lowest BCUT2D eigenvalue weighted by molar-refractivity contribution is 0.0164. The molecule has 1 heterocycles. The van der Waals surface area contributed by atoms with E-state index in [4.69, 9.17) is 10.5 Å². The zero-order valence-electron chi connectivity index (χ0n) is 8.93. The summed E-state index contributed by atoms with van der Waals surface area (Å²) in [6.07, 6.45) is 6.86. The van der Waals surface area contributed by atoms with E-state index in [-0.39, 0.29) is 0 Å². The van der Waals surface area contributed by atoms with Crippen LogP contribution < -0.4 is 11.1 Å². The number of rotatable bonds is 5. The monoisotopic (exact) mass is 198 g/mol. The van der Waals surface area contributed by atoms with Gasteiger partial charge in [0.25, 0.3) is 0 Å². The third-order valence-electron chi connectivity index (χ3n) is 3.54. The van der Waals surface area contributed by atoms with Crippen LogP contribution in [0.2, 0.25) is 0 Å². The van der Waals surface area contributed by atoms with Gasteiger partial charge in [-0.1, -0.05) is 0 Å². The third-order valence-corrected chi connectivity index (χ3v) is 3.54. The van der Waals surface area contributed by atoms with Crippen molar-refractivity contribution in [2.75, 3.05) is 26.2 Å². The van der Waals surface area contributed by atoms with Crippen LogP contribution in [-0.2, 0) is 4.74 Å². The van der Waals surface area contributed by atoms with Gasteiger partial charge in [0.05, 0.1) is 6.10 Å². The molecular formula is C11H22N2O.